The lowest BCUT2D eigenvalue weighted by Crippen LogP contribution is -2.28. The zero-order valence-corrected chi connectivity index (χ0v) is 12.1. The maximum atomic E-state index is 5.42. The van der Waals surface area contributed by atoms with E-state index in [4.69, 9.17) is 4.74 Å². The van der Waals surface area contributed by atoms with E-state index >= 15 is 0 Å². The molecule has 2 aliphatic heterocycles. The van der Waals surface area contributed by atoms with Crippen molar-refractivity contribution in [2.75, 3.05) is 26.3 Å². The van der Waals surface area contributed by atoms with Crippen LogP contribution in [0.5, 0.6) is 0 Å². The number of piperidine rings is 1. The molecule has 0 aliphatic carbocycles. The van der Waals surface area contributed by atoms with Gasteiger partial charge in [-0.05, 0) is 48.2 Å². The molecule has 4 nitrogen and oxygen atoms in total. The lowest BCUT2D eigenvalue weighted by Gasteiger charge is -2.23. The summed E-state index contributed by atoms with van der Waals surface area (Å²) in [6.45, 7) is 3.94. The summed E-state index contributed by atoms with van der Waals surface area (Å²) in [6, 6.07) is 0. The zero-order valence-electron chi connectivity index (χ0n) is 10.5. The minimum Gasteiger partial charge on any atom is -0.381 e. The van der Waals surface area contributed by atoms with Crippen molar-refractivity contribution in [2.24, 2.45) is 0 Å². The summed E-state index contributed by atoms with van der Waals surface area (Å²) < 4.78 is 6.64. The molecule has 1 unspecified atom stereocenters. The third kappa shape index (κ3) is 2.49. The van der Waals surface area contributed by atoms with E-state index < -0.39 is 0 Å². The van der Waals surface area contributed by atoms with Gasteiger partial charge in [-0.15, -0.1) is 0 Å². The summed E-state index contributed by atoms with van der Waals surface area (Å²) in [4.78, 5) is 0. The molecule has 5 heteroatoms. The Morgan fingerprint density at radius 1 is 1.17 bits per heavy atom. The van der Waals surface area contributed by atoms with E-state index in [-0.39, 0.29) is 0 Å². The second kappa shape index (κ2) is 5.72. The molecule has 0 saturated carbocycles. The number of nitrogens with zero attached hydrogens (tertiary/aromatic N) is 1. The number of rotatable bonds is 2. The molecule has 2 saturated heterocycles. The highest BCUT2D eigenvalue weighted by atomic mass is 79.9. The fraction of sp³-hybridized carbons (Fsp3) is 0.769. The molecule has 2 fully saturated rings. The minimum absolute atomic E-state index is 0.554. The van der Waals surface area contributed by atoms with Crippen LogP contribution in [0.4, 0.5) is 0 Å². The second-order valence-corrected chi connectivity index (χ2v) is 6.06. The largest absolute Gasteiger partial charge is 0.381 e. The fourth-order valence-corrected chi connectivity index (χ4v) is 3.79. The Balaban J connectivity index is 1.78. The summed E-state index contributed by atoms with van der Waals surface area (Å²) >= 11 is 3.76. The minimum atomic E-state index is 0.554. The number of nitrogens with one attached hydrogen (secondary N) is 2. The number of ether oxygens (including phenoxy) is 1. The van der Waals surface area contributed by atoms with Crippen molar-refractivity contribution in [1.29, 1.82) is 0 Å². The van der Waals surface area contributed by atoms with Gasteiger partial charge in [-0.2, -0.15) is 5.10 Å². The molecule has 1 atom stereocenters. The van der Waals surface area contributed by atoms with Gasteiger partial charge in [0.05, 0.1) is 15.9 Å². The fourth-order valence-electron chi connectivity index (χ4n) is 2.97. The summed E-state index contributed by atoms with van der Waals surface area (Å²) in [5.41, 5.74) is 2.49. The average Bonchev–Trinajstić information content (AvgIpc) is 2.83. The first-order valence-corrected chi connectivity index (χ1v) is 7.67. The average molecular weight is 314 g/mol. The highest BCUT2D eigenvalue weighted by Gasteiger charge is 2.26. The Labute approximate surface area is 116 Å². The highest BCUT2D eigenvalue weighted by Crippen LogP contribution is 2.36. The molecule has 2 aliphatic rings. The van der Waals surface area contributed by atoms with Crippen LogP contribution in [-0.4, -0.2) is 36.5 Å². The Morgan fingerprint density at radius 3 is 2.72 bits per heavy atom. The smallest absolute Gasteiger partial charge is 0.0810 e. The van der Waals surface area contributed by atoms with E-state index in [1.807, 2.05) is 0 Å². The molecule has 1 aromatic heterocycles. The molecule has 100 valence electrons. The maximum absolute atomic E-state index is 5.42. The second-order valence-electron chi connectivity index (χ2n) is 5.27. The van der Waals surface area contributed by atoms with Crippen LogP contribution in [0.1, 0.15) is 48.9 Å². The molecule has 0 spiro atoms. The van der Waals surface area contributed by atoms with Crippen molar-refractivity contribution in [3.63, 3.8) is 0 Å². The molecule has 0 aromatic carbocycles. The molecule has 18 heavy (non-hydrogen) atoms. The van der Waals surface area contributed by atoms with Crippen LogP contribution in [0, 0.1) is 0 Å². The first kappa shape index (κ1) is 12.6. The van der Waals surface area contributed by atoms with Gasteiger partial charge in [0.1, 0.15) is 0 Å². The van der Waals surface area contributed by atoms with Gasteiger partial charge >= 0.3 is 0 Å². The Morgan fingerprint density at radius 2 is 2.00 bits per heavy atom. The lowest BCUT2D eigenvalue weighted by molar-refractivity contribution is 0.0843. The summed E-state index contributed by atoms with van der Waals surface area (Å²) in [7, 11) is 0. The maximum Gasteiger partial charge on any atom is 0.0810 e. The van der Waals surface area contributed by atoms with Crippen molar-refractivity contribution >= 4 is 15.9 Å². The molecular formula is C13H20BrN3O. The van der Waals surface area contributed by atoms with Crippen molar-refractivity contribution in [3.05, 3.63) is 15.9 Å². The van der Waals surface area contributed by atoms with Crippen molar-refractivity contribution in [1.82, 2.24) is 15.5 Å². The topological polar surface area (TPSA) is 49.9 Å². The number of hydrogen-bond donors (Lipinski definition) is 2. The van der Waals surface area contributed by atoms with Gasteiger partial charge in [0.25, 0.3) is 0 Å². The Kier molecular flexibility index (Phi) is 4.01. The van der Waals surface area contributed by atoms with Gasteiger partial charge in [0, 0.05) is 31.6 Å². The number of halogens is 1. The summed E-state index contributed by atoms with van der Waals surface area (Å²) in [5, 5.41) is 11.3. The quantitative estimate of drug-likeness (QED) is 0.882. The van der Waals surface area contributed by atoms with Crippen LogP contribution in [0.3, 0.4) is 0 Å². The molecule has 0 bridgehead atoms. The summed E-state index contributed by atoms with van der Waals surface area (Å²) in [6.07, 6.45) is 4.69. The predicted molar refractivity (Wildman–Crippen MR) is 73.9 cm³/mol. The van der Waals surface area contributed by atoms with Gasteiger partial charge < -0.3 is 10.1 Å². The van der Waals surface area contributed by atoms with Gasteiger partial charge in [-0.25, -0.2) is 0 Å². The number of hydrogen-bond acceptors (Lipinski definition) is 3. The van der Waals surface area contributed by atoms with E-state index in [0.717, 1.165) is 39.1 Å². The monoisotopic (exact) mass is 313 g/mol. The molecule has 3 heterocycles. The van der Waals surface area contributed by atoms with Gasteiger partial charge in [0.15, 0.2) is 0 Å². The molecule has 3 rings (SSSR count). The normalized spacial score (nSPS) is 26.4. The van der Waals surface area contributed by atoms with Crippen LogP contribution in [0.15, 0.2) is 4.47 Å². The zero-order chi connectivity index (χ0) is 12.4. The first-order valence-electron chi connectivity index (χ1n) is 6.88. The van der Waals surface area contributed by atoms with E-state index in [9.17, 15) is 0 Å². The van der Waals surface area contributed by atoms with Gasteiger partial charge in [-0.1, -0.05) is 0 Å². The number of H-pyrrole nitrogens is 1. The highest BCUT2D eigenvalue weighted by molar-refractivity contribution is 9.10. The molecule has 0 radical (unpaired) electrons. The van der Waals surface area contributed by atoms with Gasteiger partial charge in [-0.3, -0.25) is 5.10 Å². The predicted octanol–water partition coefficient (Wildman–Crippen LogP) is 2.53. The first-order chi connectivity index (χ1) is 8.86. The van der Waals surface area contributed by atoms with Crippen LogP contribution in [0.25, 0.3) is 0 Å². The van der Waals surface area contributed by atoms with E-state index in [1.54, 1.807) is 0 Å². The molecular weight excluding hydrogens is 294 g/mol. The molecule has 1 aromatic rings. The number of aromatic nitrogens is 2. The molecule has 2 N–H and O–H groups in total. The van der Waals surface area contributed by atoms with E-state index in [0.29, 0.717) is 11.8 Å². The van der Waals surface area contributed by atoms with Crippen LogP contribution >= 0.6 is 15.9 Å². The van der Waals surface area contributed by atoms with Crippen molar-refractivity contribution < 1.29 is 4.74 Å². The SMILES string of the molecule is Brc1c(C2CCCNC2)n[nH]c1C1CCOCC1. The Hall–Kier alpha value is -0.390. The summed E-state index contributed by atoms with van der Waals surface area (Å²) in [5.74, 6) is 1.13. The Bertz CT molecular complexity index is 359. The van der Waals surface area contributed by atoms with Crippen molar-refractivity contribution in [2.45, 2.75) is 37.5 Å². The standard InChI is InChI=1S/C13H20BrN3O/c14-11-12(9-3-6-18-7-4-9)16-17-13(11)10-2-1-5-15-8-10/h9-10,15H,1-8H2,(H,16,17). The number of aromatic amines is 1. The van der Waals surface area contributed by atoms with Crippen LogP contribution in [-0.2, 0) is 4.74 Å². The van der Waals surface area contributed by atoms with Crippen LogP contribution in [0.2, 0.25) is 0 Å². The van der Waals surface area contributed by atoms with E-state index in [2.05, 4.69) is 31.4 Å². The molecule has 0 amide bonds. The van der Waals surface area contributed by atoms with E-state index in [1.165, 1.54) is 28.7 Å². The third-order valence-electron chi connectivity index (χ3n) is 4.07. The van der Waals surface area contributed by atoms with Crippen molar-refractivity contribution in [3.8, 4) is 0 Å². The van der Waals surface area contributed by atoms with Gasteiger partial charge in [0.2, 0.25) is 0 Å². The third-order valence-corrected chi connectivity index (χ3v) is 4.90. The van der Waals surface area contributed by atoms with Crippen LogP contribution < -0.4 is 5.32 Å². The lowest BCUT2D eigenvalue weighted by atomic mass is 9.93.